The first-order valence-electron chi connectivity index (χ1n) is 9.05. The van der Waals surface area contributed by atoms with Crippen molar-refractivity contribution in [1.29, 1.82) is 0 Å². The van der Waals surface area contributed by atoms with E-state index in [4.69, 9.17) is 9.84 Å². The van der Waals surface area contributed by atoms with Gasteiger partial charge >= 0.3 is 5.97 Å². The average Bonchev–Trinajstić information content (AvgIpc) is 3.25. The second kappa shape index (κ2) is 11.6. The molecule has 0 amide bonds. The Kier molecular flexibility index (Phi) is 10.1. The molecule has 128 valence electrons. The van der Waals surface area contributed by atoms with Gasteiger partial charge in [0.15, 0.2) is 5.78 Å². The number of carbonyl (C=O) groups is 2. The maximum atomic E-state index is 11.9. The quantitative estimate of drug-likeness (QED) is 0.357. The molecule has 2 atom stereocenters. The number of ether oxygens (including phenoxy) is 1. The summed E-state index contributed by atoms with van der Waals surface area (Å²) in [6.45, 7) is 2.22. The van der Waals surface area contributed by atoms with Crippen LogP contribution in [0.4, 0.5) is 0 Å². The summed E-state index contributed by atoms with van der Waals surface area (Å²) >= 11 is 0. The van der Waals surface area contributed by atoms with Gasteiger partial charge in [-0.25, -0.2) is 0 Å². The summed E-state index contributed by atoms with van der Waals surface area (Å²) in [6.07, 6.45) is 13.0. The fraction of sp³-hybridized carbons (Fsp3) is 0.889. The molecule has 22 heavy (non-hydrogen) atoms. The number of carboxylic acid groups (broad SMARTS) is 1. The molecule has 2 unspecified atom stereocenters. The van der Waals surface area contributed by atoms with Gasteiger partial charge in [-0.05, 0) is 19.3 Å². The van der Waals surface area contributed by atoms with Gasteiger partial charge in [-0.2, -0.15) is 0 Å². The maximum Gasteiger partial charge on any atom is 0.303 e. The van der Waals surface area contributed by atoms with Crippen molar-refractivity contribution in [3.63, 3.8) is 0 Å². The van der Waals surface area contributed by atoms with Gasteiger partial charge < -0.3 is 9.84 Å². The smallest absolute Gasteiger partial charge is 0.303 e. The Labute approximate surface area is 134 Å². The van der Waals surface area contributed by atoms with E-state index in [1.165, 1.54) is 38.5 Å². The number of carbonyl (C=O) groups excluding carboxylic acids is 1. The van der Waals surface area contributed by atoms with E-state index in [9.17, 15) is 9.59 Å². The van der Waals surface area contributed by atoms with Crippen molar-refractivity contribution in [2.45, 2.75) is 103 Å². The van der Waals surface area contributed by atoms with Gasteiger partial charge in [-0.1, -0.05) is 58.3 Å². The summed E-state index contributed by atoms with van der Waals surface area (Å²) in [4.78, 5) is 22.3. The standard InChI is InChI=1S/C18H32O4/c1-2-3-4-5-6-10-13-16-18(22-16)15(19)12-9-7-8-11-14-17(20)21/h16,18H,2-14H2,1H3,(H,20,21). The van der Waals surface area contributed by atoms with Crippen LogP contribution < -0.4 is 0 Å². The lowest BCUT2D eigenvalue weighted by atomic mass is 10.0. The number of rotatable bonds is 15. The molecule has 0 aromatic carbocycles. The minimum atomic E-state index is -0.736. The Morgan fingerprint density at radius 3 is 2.14 bits per heavy atom. The van der Waals surface area contributed by atoms with Crippen molar-refractivity contribution >= 4 is 11.8 Å². The summed E-state index contributed by atoms with van der Waals surface area (Å²) in [5.74, 6) is -0.491. The van der Waals surface area contributed by atoms with Crippen LogP contribution in [0.1, 0.15) is 90.4 Å². The number of unbranched alkanes of at least 4 members (excludes halogenated alkanes) is 8. The zero-order valence-corrected chi connectivity index (χ0v) is 14.0. The molecule has 0 spiro atoms. The Bertz CT molecular complexity index is 327. The number of epoxide rings is 1. The van der Waals surface area contributed by atoms with Crippen molar-refractivity contribution in [3.05, 3.63) is 0 Å². The minimum Gasteiger partial charge on any atom is -0.481 e. The van der Waals surface area contributed by atoms with Crippen LogP contribution in [0.5, 0.6) is 0 Å². The summed E-state index contributed by atoms with van der Waals surface area (Å²) in [7, 11) is 0. The summed E-state index contributed by atoms with van der Waals surface area (Å²) in [5.41, 5.74) is 0. The second-order valence-electron chi connectivity index (χ2n) is 6.43. The number of Topliss-reactive ketones (excluding diaryl/α,β-unsaturated/α-hetero) is 1. The van der Waals surface area contributed by atoms with E-state index in [0.717, 1.165) is 25.7 Å². The Morgan fingerprint density at radius 2 is 1.45 bits per heavy atom. The highest BCUT2D eigenvalue weighted by molar-refractivity contribution is 5.85. The number of hydrogen-bond acceptors (Lipinski definition) is 3. The van der Waals surface area contributed by atoms with E-state index in [2.05, 4.69) is 6.92 Å². The molecule has 1 saturated heterocycles. The molecule has 4 heteroatoms. The lowest BCUT2D eigenvalue weighted by Gasteiger charge is -2.00. The highest BCUT2D eigenvalue weighted by Crippen LogP contribution is 2.29. The van der Waals surface area contributed by atoms with Gasteiger partial charge in [-0.3, -0.25) is 9.59 Å². The van der Waals surface area contributed by atoms with Crippen LogP contribution in [0.25, 0.3) is 0 Å². The third-order valence-electron chi connectivity index (χ3n) is 4.31. The second-order valence-corrected chi connectivity index (χ2v) is 6.43. The fourth-order valence-corrected chi connectivity index (χ4v) is 2.84. The van der Waals surface area contributed by atoms with E-state index in [1.54, 1.807) is 0 Å². The normalized spacial score (nSPS) is 20.0. The molecule has 0 aromatic rings. The largest absolute Gasteiger partial charge is 0.481 e. The molecule has 1 aliphatic rings. The van der Waals surface area contributed by atoms with E-state index in [1.807, 2.05) is 0 Å². The van der Waals surface area contributed by atoms with Gasteiger partial charge in [0.25, 0.3) is 0 Å². The highest BCUT2D eigenvalue weighted by atomic mass is 16.6. The van der Waals surface area contributed by atoms with Crippen LogP contribution >= 0.6 is 0 Å². The molecule has 0 saturated carbocycles. The van der Waals surface area contributed by atoms with E-state index >= 15 is 0 Å². The first-order chi connectivity index (χ1) is 10.6. The molecular weight excluding hydrogens is 280 g/mol. The van der Waals surface area contributed by atoms with Crippen molar-refractivity contribution < 1.29 is 19.4 Å². The van der Waals surface area contributed by atoms with Crippen LogP contribution in [-0.2, 0) is 14.3 Å². The average molecular weight is 312 g/mol. The molecule has 0 aromatic heterocycles. The first kappa shape index (κ1) is 19.1. The molecule has 1 fully saturated rings. The topological polar surface area (TPSA) is 66.9 Å². The predicted molar refractivity (Wildman–Crippen MR) is 87.0 cm³/mol. The highest BCUT2D eigenvalue weighted by Gasteiger charge is 2.43. The van der Waals surface area contributed by atoms with E-state index in [-0.39, 0.29) is 24.4 Å². The molecule has 0 aliphatic carbocycles. The predicted octanol–water partition coefficient (Wildman–Crippen LogP) is 4.50. The number of aliphatic carboxylic acids is 1. The zero-order valence-electron chi connectivity index (χ0n) is 14.0. The number of ketones is 1. The van der Waals surface area contributed by atoms with E-state index < -0.39 is 5.97 Å². The molecule has 0 radical (unpaired) electrons. The van der Waals surface area contributed by atoms with Crippen LogP contribution in [0.3, 0.4) is 0 Å². The Hall–Kier alpha value is -0.900. The Balaban J connectivity index is 1.90. The lowest BCUT2D eigenvalue weighted by molar-refractivity contribution is -0.137. The molecule has 0 bridgehead atoms. The van der Waals surface area contributed by atoms with Crippen molar-refractivity contribution in [2.24, 2.45) is 0 Å². The third-order valence-corrected chi connectivity index (χ3v) is 4.31. The number of carboxylic acids is 1. The molecule has 1 N–H and O–H groups in total. The van der Waals surface area contributed by atoms with Crippen molar-refractivity contribution in [1.82, 2.24) is 0 Å². The summed E-state index contributed by atoms with van der Waals surface area (Å²) in [6, 6.07) is 0. The zero-order chi connectivity index (χ0) is 16.2. The van der Waals surface area contributed by atoms with Gasteiger partial charge in [0.05, 0.1) is 6.10 Å². The van der Waals surface area contributed by atoms with Crippen LogP contribution in [0.15, 0.2) is 0 Å². The molecular formula is C18H32O4. The number of hydrogen-bond donors (Lipinski definition) is 1. The van der Waals surface area contributed by atoms with Gasteiger partial charge in [0, 0.05) is 12.8 Å². The molecule has 4 nitrogen and oxygen atoms in total. The monoisotopic (exact) mass is 312 g/mol. The van der Waals surface area contributed by atoms with Crippen LogP contribution in [-0.4, -0.2) is 29.1 Å². The van der Waals surface area contributed by atoms with Crippen molar-refractivity contribution in [3.8, 4) is 0 Å². The lowest BCUT2D eigenvalue weighted by Crippen LogP contribution is -2.09. The van der Waals surface area contributed by atoms with Crippen molar-refractivity contribution in [2.75, 3.05) is 0 Å². The SMILES string of the molecule is CCCCCCCCC1OC1C(=O)CCCCCCC(=O)O. The molecule has 1 aliphatic heterocycles. The summed E-state index contributed by atoms with van der Waals surface area (Å²) < 4.78 is 5.49. The minimum absolute atomic E-state index is 0.130. The molecule has 1 rings (SSSR count). The fourth-order valence-electron chi connectivity index (χ4n) is 2.84. The summed E-state index contributed by atoms with van der Waals surface area (Å²) in [5, 5.41) is 8.53. The van der Waals surface area contributed by atoms with Gasteiger partial charge in [0.2, 0.25) is 0 Å². The third kappa shape index (κ3) is 9.19. The molecule has 1 heterocycles. The maximum absolute atomic E-state index is 11.9. The van der Waals surface area contributed by atoms with Gasteiger partial charge in [-0.15, -0.1) is 0 Å². The van der Waals surface area contributed by atoms with Crippen LogP contribution in [0, 0.1) is 0 Å². The van der Waals surface area contributed by atoms with Crippen LogP contribution in [0.2, 0.25) is 0 Å². The first-order valence-corrected chi connectivity index (χ1v) is 9.05. The van der Waals surface area contributed by atoms with Gasteiger partial charge in [0.1, 0.15) is 6.10 Å². The van der Waals surface area contributed by atoms with E-state index in [0.29, 0.717) is 12.8 Å². The Morgan fingerprint density at radius 1 is 0.864 bits per heavy atom.